The van der Waals surface area contributed by atoms with Gasteiger partial charge in [-0.15, -0.1) is 0 Å². The van der Waals surface area contributed by atoms with Crippen LogP contribution in [-0.4, -0.2) is 36.4 Å². The maximum atomic E-state index is 12.9. The zero-order valence-corrected chi connectivity index (χ0v) is 18.6. The third-order valence-corrected chi connectivity index (χ3v) is 6.61. The molecule has 168 valence electrons. The van der Waals surface area contributed by atoms with Crippen LogP contribution >= 0.6 is 0 Å². The minimum Gasteiger partial charge on any atom is -0.493 e. The van der Waals surface area contributed by atoms with E-state index in [2.05, 4.69) is 41.7 Å². The van der Waals surface area contributed by atoms with Crippen molar-refractivity contribution in [1.82, 2.24) is 4.90 Å². The predicted molar refractivity (Wildman–Crippen MR) is 129 cm³/mol. The van der Waals surface area contributed by atoms with Gasteiger partial charge in [0, 0.05) is 24.7 Å². The third kappa shape index (κ3) is 4.77. The molecule has 3 aromatic rings. The molecule has 1 aliphatic carbocycles. The van der Waals surface area contributed by atoms with Gasteiger partial charge in [0.15, 0.2) is 0 Å². The largest absolute Gasteiger partial charge is 0.493 e. The highest BCUT2D eigenvalue weighted by Crippen LogP contribution is 2.37. The normalized spacial score (nSPS) is 15.0. The summed E-state index contributed by atoms with van der Waals surface area (Å²) in [6.45, 7) is 1.59. The summed E-state index contributed by atoms with van der Waals surface area (Å²) in [7, 11) is 0. The summed E-state index contributed by atoms with van der Waals surface area (Å²) in [5.74, 6) is 0.837. The monoisotopic (exact) mass is 440 g/mol. The van der Waals surface area contributed by atoms with Crippen molar-refractivity contribution >= 4 is 17.5 Å². The Morgan fingerprint density at radius 3 is 2.42 bits per heavy atom. The molecule has 2 amide bonds. The van der Waals surface area contributed by atoms with Crippen molar-refractivity contribution < 1.29 is 14.3 Å². The maximum absolute atomic E-state index is 12.9. The molecule has 0 unspecified atom stereocenters. The van der Waals surface area contributed by atoms with E-state index in [-0.39, 0.29) is 17.7 Å². The number of benzene rings is 3. The first-order valence-electron chi connectivity index (χ1n) is 11.6. The second-order valence-electron chi connectivity index (χ2n) is 8.76. The number of likely N-dealkylation sites (tertiary alicyclic amines) is 1. The molecule has 5 rings (SSSR count). The van der Waals surface area contributed by atoms with Crippen LogP contribution in [0.3, 0.4) is 0 Å². The van der Waals surface area contributed by atoms with Gasteiger partial charge in [-0.1, -0.05) is 48.5 Å². The number of ether oxygens (including phenoxy) is 1. The Morgan fingerprint density at radius 1 is 0.879 bits per heavy atom. The molecule has 5 heteroatoms. The quantitative estimate of drug-likeness (QED) is 0.464. The van der Waals surface area contributed by atoms with E-state index in [0.29, 0.717) is 39.0 Å². The number of fused-ring (bicyclic) bond motifs is 3. The molecule has 1 saturated heterocycles. The van der Waals surface area contributed by atoms with Crippen LogP contribution in [0.4, 0.5) is 5.69 Å². The summed E-state index contributed by atoms with van der Waals surface area (Å²) in [6, 6.07) is 24.2. The Balaban J connectivity index is 1.09. The predicted octanol–water partition coefficient (Wildman–Crippen LogP) is 4.90. The van der Waals surface area contributed by atoms with Crippen molar-refractivity contribution in [2.45, 2.75) is 25.7 Å². The topological polar surface area (TPSA) is 58.6 Å². The first-order valence-corrected chi connectivity index (χ1v) is 11.6. The summed E-state index contributed by atoms with van der Waals surface area (Å²) in [5, 5.41) is 3.10. The molecule has 1 aliphatic heterocycles. The minimum atomic E-state index is -0.0694. The molecular formula is C28H28N2O3. The average molecular weight is 441 g/mol. The van der Waals surface area contributed by atoms with E-state index in [0.717, 1.165) is 17.9 Å². The highest BCUT2D eigenvalue weighted by Gasteiger charge is 2.27. The van der Waals surface area contributed by atoms with Crippen LogP contribution in [0.1, 0.15) is 30.4 Å². The van der Waals surface area contributed by atoms with Crippen LogP contribution in [0.5, 0.6) is 5.75 Å². The molecule has 0 saturated carbocycles. The van der Waals surface area contributed by atoms with E-state index >= 15 is 0 Å². The number of rotatable bonds is 6. The van der Waals surface area contributed by atoms with E-state index < -0.39 is 0 Å². The number of hydrogen-bond acceptors (Lipinski definition) is 3. The minimum absolute atomic E-state index is 0.0463. The number of hydrogen-bond donors (Lipinski definition) is 1. The van der Waals surface area contributed by atoms with Crippen LogP contribution < -0.4 is 10.1 Å². The van der Waals surface area contributed by atoms with Gasteiger partial charge in [0.1, 0.15) is 5.75 Å². The second kappa shape index (κ2) is 9.49. The standard InChI is InChI=1S/C28H28N2O3/c31-27(14-17-33-24-7-2-1-3-8-24)30-15-12-20(13-16-30)28(32)29-23-10-11-26-22(19-23)18-21-6-4-5-9-25(21)26/h1-11,19-20H,12-18H2,(H,29,32). The van der Waals surface area contributed by atoms with Crippen molar-refractivity contribution in [3.05, 3.63) is 83.9 Å². The fourth-order valence-electron chi connectivity index (χ4n) is 4.79. The lowest BCUT2D eigenvalue weighted by Crippen LogP contribution is -2.41. The van der Waals surface area contributed by atoms with Gasteiger partial charge in [-0.05, 0) is 65.8 Å². The van der Waals surface area contributed by atoms with Crippen LogP contribution in [0.2, 0.25) is 0 Å². The van der Waals surface area contributed by atoms with Gasteiger partial charge in [-0.2, -0.15) is 0 Å². The van der Waals surface area contributed by atoms with Crippen LogP contribution in [0.25, 0.3) is 11.1 Å². The van der Waals surface area contributed by atoms with E-state index in [1.165, 1.54) is 22.3 Å². The third-order valence-electron chi connectivity index (χ3n) is 6.61. The number of carbonyl (C=O) groups excluding carboxylic acids is 2. The van der Waals surface area contributed by atoms with Gasteiger partial charge >= 0.3 is 0 Å². The van der Waals surface area contributed by atoms with Crippen molar-refractivity contribution in [1.29, 1.82) is 0 Å². The van der Waals surface area contributed by atoms with Gasteiger partial charge in [0.2, 0.25) is 11.8 Å². The fourth-order valence-corrected chi connectivity index (χ4v) is 4.79. The lowest BCUT2D eigenvalue weighted by Gasteiger charge is -2.31. The van der Waals surface area contributed by atoms with E-state index in [1.54, 1.807) is 0 Å². The molecule has 3 aromatic carbocycles. The molecule has 1 fully saturated rings. The Bertz CT molecular complexity index is 1150. The van der Waals surface area contributed by atoms with Crippen molar-refractivity contribution in [3.8, 4) is 16.9 Å². The smallest absolute Gasteiger partial charge is 0.227 e. The fraction of sp³-hybridized carbons (Fsp3) is 0.286. The number of nitrogens with one attached hydrogen (secondary N) is 1. The van der Waals surface area contributed by atoms with Crippen LogP contribution in [-0.2, 0) is 16.0 Å². The summed E-state index contributed by atoms with van der Waals surface area (Å²) >= 11 is 0. The van der Waals surface area contributed by atoms with Gasteiger partial charge < -0.3 is 15.0 Å². The number of nitrogens with zero attached hydrogens (tertiary/aromatic N) is 1. The molecule has 1 heterocycles. The summed E-state index contributed by atoms with van der Waals surface area (Å²) < 4.78 is 5.63. The van der Waals surface area contributed by atoms with E-state index in [4.69, 9.17) is 4.74 Å². The molecular weight excluding hydrogens is 412 g/mol. The average Bonchev–Trinajstić information content (AvgIpc) is 3.22. The number of carbonyl (C=O) groups is 2. The highest BCUT2D eigenvalue weighted by atomic mass is 16.5. The number of piperidine rings is 1. The zero-order chi connectivity index (χ0) is 22.6. The Labute approximate surface area is 194 Å². The Hall–Kier alpha value is -3.60. The lowest BCUT2D eigenvalue weighted by molar-refractivity contribution is -0.135. The van der Waals surface area contributed by atoms with Crippen molar-refractivity contribution in [2.75, 3.05) is 25.0 Å². The summed E-state index contributed by atoms with van der Waals surface area (Å²) in [6.07, 6.45) is 2.63. The Morgan fingerprint density at radius 2 is 1.61 bits per heavy atom. The summed E-state index contributed by atoms with van der Waals surface area (Å²) in [5.41, 5.74) is 5.99. The van der Waals surface area contributed by atoms with Crippen LogP contribution in [0, 0.1) is 5.92 Å². The molecule has 0 spiro atoms. The van der Waals surface area contributed by atoms with Gasteiger partial charge in [-0.3, -0.25) is 9.59 Å². The molecule has 0 radical (unpaired) electrons. The van der Waals surface area contributed by atoms with Crippen LogP contribution in [0.15, 0.2) is 72.8 Å². The Kier molecular flexibility index (Phi) is 6.11. The molecule has 0 aromatic heterocycles. The van der Waals surface area contributed by atoms with E-state index in [1.807, 2.05) is 41.3 Å². The number of amides is 2. The van der Waals surface area contributed by atoms with Crippen molar-refractivity contribution in [3.63, 3.8) is 0 Å². The molecule has 2 aliphatic rings. The first-order chi connectivity index (χ1) is 16.2. The maximum Gasteiger partial charge on any atom is 0.227 e. The number of anilines is 1. The molecule has 0 bridgehead atoms. The SMILES string of the molecule is O=C(Nc1ccc2c(c1)Cc1ccccc1-2)C1CCN(C(=O)CCOc2ccccc2)CC1. The van der Waals surface area contributed by atoms with Gasteiger partial charge in [0.25, 0.3) is 0 Å². The molecule has 1 N–H and O–H groups in total. The van der Waals surface area contributed by atoms with Crippen molar-refractivity contribution in [2.24, 2.45) is 5.92 Å². The first kappa shape index (κ1) is 21.3. The zero-order valence-electron chi connectivity index (χ0n) is 18.6. The number of para-hydroxylation sites is 1. The molecule has 5 nitrogen and oxygen atoms in total. The second-order valence-corrected chi connectivity index (χ2v) is 8.76. The molecule has 33 heavy (non-hydrogen) atoms. The van der Waals surface area contributed by atoms with E-state index in [9.17, 15) is 9.59 Å². The van der Waals surface area contributed by atoms with Gasteiger partial charge in [-0.25, -0.2) is 0 Å². The lowest BCUT2D eigenvalue weighted by atomic mass is 9.95. The van der Waals surface area contributed by atoms with Gasteiger partial charge in [0.05, 0.1) is 13.0 Å². The summed E-state index contributed by atoms with van der Waals surface area (Å²) in [4.78, 5) is 27.2. The highest BCUT2D eigenvalue weighted by molar-refractivity contribution is 5.93. The molecule has 0 atom stereocenters.